The number of likely N-dealkylation sites (tertiary alicyclic amines) is 1. The topological polar surface area (TPSA) is 76.8 Å². The van der Waals surface area contributed by atoms with Crippen molar-refractivity contribution in [2.45, 2.75) is 51.0 Å². The monoisotopic (exact) mass is 287 g/mol. The van der Waals surface area contributed by atoms with E-state index in [0.717, 1.165) is 13.1 Å². The van der Waals surface area contributed by atoms with Crippen molar-refractivity contribution in [2.75, 3.05) is 33.9 Å². The Labute approximate surface area is 122 Å². The Morgan fingerprint density at radius 1 is 1.40 bits per heavy atom. The molecular formula is C14H29N3O3. The molecule has 20 heavy (non-hydrogen) atoms. The zero-order valence-electron chi connectivity index (χ0n) is 13.3. The smallest absolute Gasteiger partial charge is 0.237 e. The van der Waals surface area contributed by atoms with E-state index < -0.39 is 5.54 Å². The summed E-state index contributed by atoms with van der Waals surface area (Å²) in [5.41, 5.74) is 4.86. The first-order valence-corrected chi connectivity index (χ1v) is 7.22. The van der Waals surface area contributed by atoms with E-state index in [2.05, 4.69) is 17.1 Å². The van der Waals surface area contributed by atoms with Crippen molar-refractivity contribution in [1.29, 1.82) is 0 Å². The van der Waals surface area contributed by atoms with Crippen molar-refractivity contribution in [1.82, 2.24) is 10.2 Å². The SMILES string of the molecule is CCNC(C)(CC(C)N1CC(OC)C(OC)C1)C(N)=O. The van der Waals surface area contributed by atoms with Gasteiger partial charge in [0, 0.05) is 33.4 Å². The van der Waals surface area contributed by atoms with Gasteiger partial charge in [-0.15, -0.1) is 0 Å². The standard InChI is InChI=1S/C14H29N3O3/c1-6-16-14(3,13(15)18)7-10(2)17-8-11(19-4)12(9-17)20-5/h10-12,16H,6-9H2,1-5H3,(H2,15,18). The van der Waals surface area contributed by atoms with Gasteiger partial charge in [0.15, 0.2) is 0 Å². The van der Waals surface area contributed by atoms with Gasteiger partial charge in [-0.3, -0.25) is 9.69 Å². The third-order valence-electron chi connectivity index (χ3n) is 4.29. The number of amides is 1. The van der Waals surface area contributed by atoms with Crippen LogP contribution in [0, 0.1) is 0 Å². The maximum Gasteiger partial charge on any atom is 0.237 e. The van der Waals surface area contributed by atoms with E-state index in [-0.39, 0.29) is 24.2 Å². The number of ether oxygens (including phenoxy) is 2. The molecule has 0 saturated carbocycles. The maximum atomic E-state index is 11.7. The van der Waals surface area contributed by atoms with Gasteiger partial charge in [-0.05, 0) is 26.8 Å². The second-order valence-electron chi connectivity index (χ2n) is 5.78. The molecule has 0 aliphatic carbocycles. The Morgan fingerprint density at radius 2 is 1.90 bits per heavy atom. The highest BCUT2D eigenvalue weighted by Crippen LogP contribution is 2.23. The molecule has 0 spiro atoms. The van der Waals surface area contributed by atoms with E-state index in [1.165, 1.54) is 0 Å². The second kappa shape index (κ2) is 7.36. The third kappa shape index (κ3) is 3.91. The fraction of sp³-hybridized carbons (Fsp3) is 0.929. The number of rotatable bonds is 8. The van der Waals surface area contributed by atoms with Crippen LogP contribution in [0.5, 0.6) is 0 Å². The number of hydrogen-bond acceptors (Lipinski definition) is 5. The van der Waals surface area contributed by atoms with Crippen molar-refractivity contribution in [3.63, 3.8) is 0 Å². The van der Waals surface area contributed by atoms with Crippen LogP contribution in [0.3, 0.4) is 0 Å². The lowest BCUT2D eigenvalue weighted by Gasteiger charge is -2.34. The summed E-state index contributed by atoms with van der Waals surface area (Å²) in [5, 5.41) is 3.20. The van der Waals surface area contributed by atoms with Crippen LogP contribution in [0.15, 0.2) is 0 Å². The van der Waals surface area contributed by atoms with E-state index in [0.29, 0.717) is 13.0 Å². The first-order valence-electron chi connectivity index (χ1n) is 7.22. The molecule has 0 aromatic heterocycles. The molecule has 0 aromatic carbocycles. The molecule has 1 aliphatic rings. The van der Waals surface area contributed by atoms with Gasteiger partial charge >= 0.3 is 0 Å². The predicted octanol–water partition coefficient (Wildman–Crippen LogP) is -0.0359. The van der Waals surface area contributed by atoms with Gasteiger partial charge in [0.2, 0.25) is 5.91 Å². The molecule has 1 fully saturated rings. The minimum atomic E-state index is -0.679. The summed E-state index contributed by atoms with van der Waals surface area (Å²) >= 11 is 0. The number of primary amides is 1. The maximum absolute atomic E-state index is 11.7. The van der Waals surface area contributed by atoms with Crippen LogP contribution in [-0.4, -0.2) is 68.4 Å². The number of carbonyl (C=O) groups excluding carboxylic acids is 1. The van der Waals surface area contributed by atoms with Crippen molar-refractivity contribution >= 4 is 5.91 Å². The van der Waals surface area contributed by atoms with E-state index in [9.17, 15) is 4.79 Å². The molecule has 118 valence electrons. The summed E-state index contributed by atoms with van der Waals surface area (Å²) in [6.07, 6.45) is 0.839. The molecule has 6 nitrogen and oxygen atoms in total. The molecule has 0 radical (unpaired) electrons. The number of nitrogens with two attached hydrogens (primary N) is 1. The predicted molar refractivity (Wildman–Crippen MR) is 78.5 cm³/mol. The zero-order valence-corrected chi connectivity index (χ0v) is 13.3. The van der Waals surface area contributed by atoms with Crippen molar-refractivity contribution in [3.05, 3.63) is 0 Å². The minimum absolute atomic E-state index is 0.0846. The summed E-state index contributed by atoms with van der Waals surface area (Å²) < 4.78 is 10.9. The Hall–Kier alpha value is -0.690. The highest BCUT2D eigenvalue weighted by Gasteiger charge is 2.39. The summed E-state index contributed by atoms with van der Waals surface area (Å²) in [7, 11) is 3.41. The Kier molecular flexibility index (Phi) is 6.39. The number of carbonyl (C=O) groups is 1. The molecule has 1 heterocycles. The number of nitrogens with zero attached hydrogens (tertiary/aromatic N) is 1. The van der Waals surface area contributed by atoms with E-state index in [4.69, 9.17) is 15.2 Å². The van der Waals surface area contributed by atoms with Gasteiger partial charge in [-0.2, -0.15) is 0 Å². The summed E-state index contributed by atoms with van der Waals surface area (Å²) in [6, 6.07) is 0.226. The lowest BCUT2D eigenvalue weighted by molar-refractivity contribution is -0.124. The van der Waals surface area contributed by atoms with Gasteiger partial charge in [0.25, 0.3) is 0 Å². The van der Waals surface area contributed by atoms with Crippen molar-refractivity contribution in [3.8, 4) is 0 Å². The number of likely N-dealkylation sites (N-methyl/N-ethyl adjacent to an activating group) is 1. The Morgan fingerprint density at radius 3 is 2.25 bits per heavy atom. The molecule has 0 bridgehead atoms. The van der Waals surface area contributed by atoms with Crippen molar-refractivity contribution in [2.24, 2.45) is 5.73 Å². The highest BCUT2D eigenvalue weighted by molar-refractivity contribution is 5.84. The van der Waals surface area contributed by atoms with Crippen LogP contribution in [0.25, 0.3) is 0 Å². The molecule has 3 N–H and O–H groups in total. The summed E-state index contributed by atoms with van der Waals surface area (Å²) in [5.74, 6) is -0.308. The van der Waals surface area contributed by atoms with E-state index in [1.807, 2.05) is 13.8 Å². The molecule has 1 aliphatic heterocycles. The fourth-order valence-electron chi connectivity index (χ4n) is 2.95. The van der Waals surface area contributed by atoms with Crippen molar-refractivity contribution < 1.29 is 14.3 Å². The average Bonchev–Trinajstić information content (AvgIpc) is 2.82. The largest absolute Gasteiger partial charge is 0.377 e. The summed E-state index contributed by atoms with van der Waals surface area (Å²) in [6.45, 7) is 8.31. The zero-order chi connectivity index (χ0) is 15.3. The van der Waals surface area contributed by atoms with Crippen LogP contribution < -0.4 is 11.1 Å². The minimum Gasteiger partial charge on any atom is -0.377 e. The molecule has 0 aromatic rings. The summed E-state index contributed by atoms with van der Waals surface area (Å²) in [4.78, 5) is 14.0. The van der Waals surface area contributed by atoms with Gasteiger partial charge in [-0.1, -0.05) is 6.92 Å². The van der Waals surface area contributed by atoms with Crippen LogP contribution in [0.2, 0.25) is 0 Å². The van der Waals surface area contributed by atoms with Crippen LogP contribution in [0.4, 0.5) is 0 Å². The molecular weight excluding hydrogens is 258 g/mol. The lowest BCUT2D eigenvalue weighted by Crippen LogP contribution is -2.56. The Balaban J connectivity index is 2.66. The quantitative estimate of drug-likeness (QED) is 0.655. The van der Waals surface area contributed by atoms with Gasteiger partial charge in [0.1, 0.15) is 0 Å². The molecule has 6 heteroatoms. The van der Waals surface area contributed by atoms with E-state index >= 15 is 0 Å². The molecule has 1 amide bonds. The molecule has 4 atom stereocenters. The molecule has 1 saturated heterocycles. The van der Waals surface area contributed by atoms with Crippen LogP contribution in [0.1, 0.15) is 27.2 Å². The van der Waals surface area contributed by atoms with E-state index in [1.54, 1.807) is 14.2 Å². The second-order valence-corrected chi connectivity index (χ2v) is 5.78. The van der Waals surface area contributed by atoms with Crippen LogP contribution in [-0.2, 0) is 14.3 Å². The third-order valence-corrected chi connectivity index (χ3v) is 4.29. The van der Waals surface area contributed by atoms with Gasteiger partial charge in [-0.25, -0.2) is 0 Å². The average molecular weight is 287 g/mol. The first-order chi connectivity index (χ1) is 9.37. The number of methoxy groups -OCH3 is 2. The lowest BCUT2D eigenvalue weighted by atomic mass is 9.92. The van der Waals surface area contributed by atoms with Gasteiger partial charge < -0.3 is 20.5 Å². The molecule has 1 rings (SSSR count). The number of nitrogens with one attached hydrogen (secondary N) is 1. The first kappa shape index (κ1) is 17.4. The highest BCUT2D eigenvalue weighted by atomic mass is 16.5. The van der Waals surface area contributed by atoms with Crippen LogP contribution >= 0.6 is 0 Å². The normalized spacial score (nSPS) is 28.2. The van der Waals surface area contributed by atoms with Gasteiger partial charge in [0.05, 0.1) is 17.7 Å². The number of hydrogen-bond donors (Lipinski definition) is 2. The molecule has 4 unspecified atom stereocenters. The Bertz CT molecular complexity index is 315. The fourth-order valence-corrected chi connectivity index (χ4v) is 2.95.